The molecule has 0 aliphatic carbocycles. The summed E-state index contributed by atoms with van der Waals surface area (Å²) < 4.78 is 0. The zero-order chi connectivity index (χ0) is 13.5. The summed E-state index contributed by atoms with van der Waals surface area (Å²) in [7, 11) is 0. The molecule has 1 amide bonds. The van der Waals surface area contributed by atoms with Crippen LogP contribution in [0.5, 0.6) is 11.5 Å². The molecule has 0 bridgehead atoms. The van der Waals surface area contributed by atoms with Gasteiger partial charge in [0.1, 0.15) is 0 Å². The maximum absolute atomic E-state index is 11.8. The van der Waals surface area contributed by atoms with Crippen LogP contribution in [-0.2, 0) is 11.2 Å². The highest BCUT2D eigenvalue weighted by Gasteiger charge is 2.13. The Morgan fingerprint density at radius 1 is 1.33 bits per heavy atom. The molecule has 3 N–H and O–H groups in total. The summed E-state index contributed by atoms with van der Waals surface area (Å²) in [6.45, 7) is 4.64. The normalized spacial score (nSPS) is 12.1. The summed E-state index contributed by atoms with van der Waals surface area (Å²) in [5, 5.41) is 21.5. The molecule has 0 saturated carbocycles. The smallest absolute Gasteiger partial charge is 0.223 e. The fourth-order valence-electron chi connectivity index (χ4n) is 1.70. The zero-order valence-electron chi connectivity index (χ0n) is 10.9. The number of hydrogen-bond acceptors (Lipinski definition) is 3. The number of hydrogen-bond donors (Lipinski definition) is 3. The minimum atomic E-state index is -0.147. The second-order valence-corrected chi connectivity index (χ2v) is 4.57. The van der Waals surface area contributed by atoms with Gasteiger partial charge in [-0.05, 0) is 30.5 Å². The number of nitrogens with one attached hydrogen (secondary N) is 1. The second-order valence-electron chi connectivity index (χ2n) is 4.57. The van der Waals surface area contributed by atoms with Crippen molar-refractivity contribution in [2.45, 2.75) is 33.1 Å². The van der Waals surface area contributed by atoms with Gasteiger partial charge in [-0.15, -0.1) is 0 Å². The molecule has 0 saturated heterocycles. The number of benzene rings is 1. The van der Waals surface area contributed by atoms with E-state index in [-0.39, 0.29) is 23.3 Å². The Kier molecular flexibility index (Phi) is 5.49. The molecule has 1 rings (SSSR count). The van der Waals surface area contributed by atoms with Crippen molar-refractivity contribution in [3.05, 3.63) is 23.8 Å². The SMILES string of the molecule is CCCCNC(=O)C(C)Cc1ccc(O)c(O)c1. The Morgan fingerprint density at radius 3 is 2.67 bits per heavy atom. The summed E-state index contributed by atoms with van der Waals surface area (Å²) in [6, 6.07) is 4.64. The van der Waals surface area contributed by atoms with Crippen molar-refractivity contribution in [2.24, 2.45) is 5.92 Å². The molecule has 1 unspecified atom stereocenters. The number of carbonyl (C=O) groups is 1. The van der Waals surface area contributed by atoms with Crippen molar-refractivity contribution in [2.75, 3.05) is 6.54 Å². The number of phenolic OH excluding ortho intramolecular Hbond substituents is 2. The molecule has 0 aromatic heterocycles. The fraction of sp³-hybridized carbons (Fsp3) is 0.500. The Hall–Kier alpha value is -1.71. The average molecular weight is 251 g/mol. The topological polar surface area (TPSA) is 69.6 Å². The summed E-state index contributed by atoms with van der Waals surface area (Å²) in [4.78, 5) is 11.8. The minimum absolute atomic E-state index is 0.0241. The summed E-state index contributed by atoms with van der Waals surface area (Å²) in [6.07, 6.45) is 2.59. The van der Waals surface area contributed by atoms with Crippen molar-refractivity contribution in [3.8, 4) is 11.5 Å². The van der Waals surface area contributed by atoms with Crippen molar-refractivity contribution >= 4 is 5.91 Å². The number of aromatic hydroxyl groups is 2. The molecule has 4 heteroatoms. The van der Waals surface area contributed by atoms with Gasteiger partial charge in [0.25, 0.3) is 0 Å². The van der Waals surface area contributed by atoms with Gasteiger partial charge in [0.15, 0.2) is 11.5 Å². The zero-order valence-corrected chi connectivity index (χ0v) is 10.9. The Labute approximate surface area is 108 Å². The van der Waals surface area contributed by atoms with E-state index in [4.69, 9.17) is 0 Å². The first-order chi connectivity index (χ1) is 8.54. The van der Waals surface area contributed by atoms with E-state index in [9.17, 15) is 15.0 Å². The first kappa shape index (κ1) is 14.4. The van der Waals surface area contributed by atoms with E-state index in [0.29, 0.717) is 13.0 Å². The lowest BCUT2D eigenvalue weighted by Gasteiger charge is -2.12. The third-order valence-electron chi connectivity index (χ3n) is 2.86. The lowest BCUT2D eigenvalue weighted by molar-refractivity contribution is -0.124. The standard InChI is InChI=1S/C14H21NO3/c1-3-4-7-15-14(18)10(2)8-11-5-6-12(16)13(17)9-11/h5-6,9-10,16-17H,3-4,7-8H2,1-2H3,(H,15,18). The highest BCUT2D eigenvalue weighted by atomic mass is 16.3. The van der Waals surface area contributed by atoms with Crippen LogP contribution in [0.4, 0.5) is 0 Å². The molecule has 1 aromatic rings. The molecular weight excluding hydrogens is 230 g/mol. The maximum atomic E-state index is 11.8. The van der Waals surface area contributed by atoms with Gasteiger partial charge < -0.3 is 15.5 Å². The first-order valence-electron chi connectivity index (χ1n) is 6.33. The van der Waals surface area contributed by atoms with Crippen LogP contribution in [0.1, 0.15) is 32.3 Å². The van der Waals surface area contributed by atoms with E-state index in [1.165, 1.54) is 12.1 Å². The van der Waals surface area contributed by atoms with Crippen molar-refractivity contribution in [1.82, 2.24) is 5.32 Å². The van der Waals surface area contributed by atoms with Crippen LogP contribution in [0.2, 0.25) is 0 Å². The van der Waals surface area contributed by atoms with Gasteiger partial charge >= 0.3 is 0 Å². The first-order valence-corrected chi connectivity index (χ1v) is 6.33. The van der Waals surface area contributed by atoms with Crippen LogP contribution >= 0.6 is 0 Å². The molecule has 4 nitrogen and oxygen atoms in total. The highest BCUT2D eigenvalue weighted by Crippen LogP contribution is 2.25. The van der Waals surface area contributed by atoms with E-state index < -0.39 is 0 Å². The average Bonchev–Trinajstić information content (AvgIpc) is 2.34. The molecule has 100 valence electrons. The number of carbonyl (C=O) groups excluding carboxylic acids is 1. The predicted molar refractivity (Wildman–Crippen MR) is 70.6 cm³/mol. The van der Waals surface area contributed by atoms with Crippen LogP contribution < -0.4 is 5.32 Å². The van der Waals surface area contributed by atoms with Gasteiger partial charge in [-0.3, -0.25) is 4.79 Å². The Morgan fingerprint density at radius 2 is 2.06 bits per heavy atom. The molecular formula is C14H21NO3. The van der Waals surface area contributed by atoms with Crippen LogP contribution in [-0.4, -0.2) is 22.7 Å². The lowest BCUT2D eigenvalue weighted by Crippen LogP contribution is -2.31. The molecule has 18 heavy (non-hydrogen) atoms. The van der Waals surface area contributed by atoms with E-state index in [1.807, 2.05) is 6.92 Å². The van der Waals surface area contributed by atoms with E-state index in [1.54, 1.807) is 6.07 Å². The molecule has 0 radical (unpaired) electrons. The van der Waals surface area contributed by atoms with Gasteiger partial charge in [-0.1, -0.05) is 26.3 Å². The number of unbranched alkanes of at least 4 members (excludes halogenated alkanes) is 1. The molecule has 1 atom stereocenters. The summed E-state index contributed by atoms with van der Waals surface area (Å²) >= 11 is 0. The molecule has 1 aromatic carbocycles. The summed E-state index contributed by atoms with van der Waals surface area (Å²) in [5.41, 5.74) is 0.837. The monoisotopic (exact) mass is 251 g/mol. The second kappa shape index (κ2) is 6.89. The minimum Gasteiger partial charge on any atom is -0.504 e. The van der Waals surface area contributed by atoms with Crippen LogP contribution in [0.15, 0.2) is 18.2 Å². The maximum Gasteiger partial charge on any atom is 0.223 e. The molecule has 0 heterocycles. The van der Waals surface area contributed by atoms with Gasteiger partial charge in [-0.25, -0.2) is 0 Å². The Bertz CT molecular complexity index is 404. The van der Waals surface area contributed by atoms with E-state index >= 15 is 0 Å². The lowest BCUT2D eigenvalue weighted by atomic mass is 10.00. The molecule has 0 aliphatic heterocycles. The largest absolute Gasteiger partial charge is 0.504 e. The third kappa shape index (κ3) is 4.28. The number of amides is 1. The number of rotatable bonds is 6. The molecule has 0 fully saturated rings. The van der Waals surface area contributed by atoms with Crippen molar-refractivity contribution in [3.63, 3.8) is 0 Å². The summed E-state index contributed by atoms with van der Waals surface area (Å²) in [5.74, 6) is -0.410. The van der Waals surface area contributed by atoms with E-state index in [0.717, 1.165) is 18.4 Å². The van der Waals surface area contributed by atoms with Crippen molar-refractivity contribution < 1.29 is 15.0 Å². The third-order valence-corrected chi connectivity index (χ3v) is 2.86. The Balaban J connectivity index is 2.50. The number of phenols is 2. The van der Waals surface area contributed by atoms with E-state index in [2.05, 4.69) is 12.2 Å². The van der Waals surface area contributed by atoms with Crippen LogP contribution in [0, 0.1) is 5.92 Å². The predicted octanol–water partition coefficient (Wildman–Crippen LogP) is 2.19. The molecule has 0 spiro atoms. The molecule has 0 aliphatic rings. The van der Waals surface area contributed by atoms with Gasteiger partial charge in [0, 0.05) is 12.5 Å². The van der Waals surface area contributed by atoms with Gasteiger partial charge in [0.05, 0.1) is 0 Å². The highest BCUT2D eigenvalue weighted by molar-refractivity contribution is 5.78. The van der Waals surface area contributed by atoms with Crippen LogP contribution in [0.3, 0.4) is 0 Å². The van der Waals surface area contributed by atoms with Gasteiger partial charge in [-0.2, -0.15) is 0 Å². The van der Waals surface area contributed by atoms with Crippen LogP contribution in [0.25, 0.3) is 0 Å². The quantitative estimate of drug-likeness (QED) is 0.536. The van der Waals surface area contributed by atoms with Gasteiger partial charge in [0.2, 0.25) is 5.91 Å². The fourth-order valence-corrected chi connectivity index (χ4v) is 1.70. The van der Waals surface area contributed by atoms with Crippen molar-refractivity contribution in [1.29, 1.82) is 0 Å².